The summed E-state index contributed by atoms with van der Waals surface area (Å²) in [5.41, 5.74) is 0. The maximum atomic E-state index is 11.5. The number of amides is 1. The first-order valence-electron chi connectivity index (χ1n) is 6.36. The van der Waals surface area contributed by atoms with Crippen LogP contribution in [0.5, 0.6) is 0 Å². The molecule has 1 aliphatic rings. The van der Waals surface area contributed by atoms with Gasteiger partial charge >= 0.3 is 5.97 Å². The number of hydrogen-bond donors (Lipinski definition) is 2. The number of nitrogens with one attached hydrogen (secondary N) is 1. The van der Waals surface area contributed by atoms with E-state index >= 15 is 0 Å². The number of carbonyl (C=O) groups is 2. The third-order valence-electron chi connectivity index (χ3n) is 3.23. The molecule has 1 aliphatic heterocycles. The molecule has 1 heterocycles. The van der Waals surface area contributed by atoms with Gasteiger partial charge in [0.25, 0.3) is 0 Å². The summed E-state index contributed by atoms with van der Waals surface area (Å²) >= 11 is 0. The second-order valence-electron chi connectivity index (χ2n) is 4.48. The van der Waals surface area contributed by atoms with Crippen LogP contribution in [0.15, 0.2) is 0 Å². The lowest BCUT2D eigenvalue weighted by Crippen LogP contribution is -2.39. The van der Waals surface area contributed by atoms with Crippen LogP contribution in [-0.4, -0.2) is 47.6 Å². The number of carbonyl (C=O) groups excluding carboxylic acids is 1. The maximum Gasteiger partial charge on any atom is 0.303 e. The molecule has 17 heavy (non-hydrogen) atoms. The molecular formula is C12H22N2O3. The van der Waals surface area contributed by atoms with Crippen LogP contribution < -0.4 is 5.32 Å². The fourth-order valence-corrected chi connectivity index (χ4v) is 2.26. The van der Waals surface area contributed by atoms with Crippen molar-refractivity contribution >= 4 is 11.9 Å². The van der Waals surface area contributed by atoms with Crippen LogP contribution in [0.4, 0.5) is 0 Å². The molecule has 1 saturated heterocycles. The molecule has 1 atom stereocenters. The van der Waals surface area contributed by atoms with Gasteiger partial charge in [0.15, 0.2) is 0 Å². The van der Waals surface area contributed by atoms with E-state index in [1.54, 1.807) is 0 Å². The highest BCUT2D eigenvalue weighted by Gasteiger charge is 2.22. The third-order valence-corrected chi connectivity index (χ3v) is 3.23. The van der Waals surface area contributed by atoms with Gasteiger partial charge in [-0.15, -0.1) is 0 Å². The van der Waals surface area contributed by atoms with Gasteiger partial charge in [-0.3, -0.25) is 14.5 Å². The van der Waals surface area contributed by atoms with Crippen molar-refractivity contribution in [1.82, 2.24) is 10.2 Å². The highest BCUT2D eigenvalue weighted by atomic mass is 16.4. The highest BCUT2D eigenvalue weighted by molar-refractivity contribution is 5.76. The molecule has 0 bridgehead atoms. The van der Waals surface area contributed by atoms with Gasteiger partial charge in [0.2, 0.25) is 5.91 Å². The minimum absolute atomic E-state index is 0.0331. The molecule has 5 nitrogen and oxygen atoms in total. The van der Waals surface area contributed by atoms with E-state index in [4.69, 9.17) is 5.11 Å². The number of carboxylic acid groups (broad SMARTS) is 1. The van der Waals surface area contributed by atoms with E-state index in [1.807, 2.05) is 0 Å². The Morgan fingerprint density at radius 1 is 1.41 bits per heavy atom. The molecule has 0 radical (unpaired) electrons. The second-order valence-corrected chi connectivity index (χ2v) is 4.48. The molecular weight excluding hydrogens is 220 g/mol. The summed E-state index contributed by atoms with van der Waals surface area (Å²) in [5.74, 6) is -0.875. The molecule has 1 rings (SSSR count). The van der Waals surface area contributed by atoms with Crippen LogP contribution in [0.1, 0.15) is 39.0 Å². The van der Waals surface area contributed by atoms with E-state index in [1.165, 1.54) is 6.42 Å². The van der Waals surface area contributed by atoms with Gasteiger partial charge in [-0.2, -0.15) is 0 Å². The summed E-state index contributed by atoms with van der Waals surface area (Å²) in [6.07, 6.45) is 3.14. The first kappa shape index (κ1) is 14.0. The molecule has 1 amide bonds. The largest absolute Gasteiger partial charge is 0.481 e. The molecule has 2 N–H and O–H groups in total. The fraction of sp³-hybridized carbons (Fsp3) is 0.833. The Hall–Kier alpha value is -1.10. The van der Waals surface area contributed by atoms with Crippen LogP contribution in [0.3, 0.4) is 0 Å². The lowest BCUT2D eigenvalue weighted by atomic mass is 10.2. The van der Waals surface area contributed by atoms with E-state index in [0.29, 0.717) is 25.4 Å². The Balaban J connectivity index is 2.12. The van der Waals surface area contributed by atoms with Crippen LogP contribution >= 0.6 is 0 Å². The average molecular weight is 242 g/mol. The molecule has 0 aliphatic carbocycles. The summed E-state index contributed by atoms with van der Waals surface area (Å²) in [7, 11) is 0. The second kappa shape index (κ2) is 7.27. The van der Waals surface area contributed by atoms with Gasteiger partial charge in [-0.1, -0.05) is 6.92 Å². The molecule has 0 aromatic carbocycles. The van der Waals surface area contributed by atoms with Crippen molar-refractivity contribution in [1.29, 1.82) is 0 Å². The molecule has 0 aromatic rings. The van der Waals surface area contributed by atoms with E-state index in [0.717, 1.165) is 19.5 Å². The Labute approximate surface area is 102 Å². The van der Waals surface area contributed by atoms with Crippen molar-refractivity contribution < 1.29 is 14.7 Å². The van der Waals surface area contributed by atoms with Crippen molar-refractivity contribution in [2.24, 2.45) is 0 Å². The van der Waals surface area contributed by atoms with Gasteiger partial charge in [0, 0.05) is 25.4 Å². The Morgan fingerprint density at radius 3 is 2.82 bits per heavy atom. The Bertz CT molecular complexity index is 268. The fourth-order valence-electron chi connectivity index (χ4n) is 2.26. The molecule has 0 aromatic heterocycles. The summed E-state index contributed by atoms with van der Waals surface area (Å²) < 4.78 is 0. The zero-order valence-corrected chi connectivity index (χ0v) is 10.4. The van der Waals surface area contributed by atoms with E-state index < -0.39 is 5.97 Å². The van der Waals surface area contributed by atoms with Gasteiger partial charge in [0.1, 0.15) is 0 Å². The zero-order valence-electron chi connectivity index (χ0n) is 10.4. The minimum atomic E-state index is -0.842. The van der Waals surface area contributed by atoms with E-state index in [-0.39, 0.29) is 12.3 Å². The van der Waals surface area contributed by atoms with Gasteiger partial charge in [0.05, 0.1) is 0 Å². The van der Waals surface area contributed by atoms with Crippen molar-refractivity contribution in [3.8, 4) is 0 Å². The molecule has 1 unspecified atom stereocenters. The Morgan fingerprint density at radius 2 is 2.18 bits per heavy atom. The summed E-state index contributed by atoms with van der Waals surface area (Å²) in [6, 6.07) is 0.462. The minimum Gasteiger partial charge on any atom is -0.481 e. The van der Waals surface area contributed by atoms with Crippen LogP contribution in [-0.2, 0) is 9.59 Å². The number of nitrogens with zero attached hydrogens (tertiary/aromatic N) is 1. The molecule has 0 saturated carbocycles. The summed E-state index contributed by atoms with van der Waals surface area (Å²) in [4.78, 5) is 24.1. The van der Waals surface area contributed by atoms with E-state index in [9.17, 15) is 9.59 Å². The number of likely N-dealkylation sites (tertiary alicyclic amines) is 1. The van der Waals surface area contributed by atoms with Gasteiger partial charge in [-0.05, 0) is 32.4 Å². The number of hydrogen-bond acceptors (Lipinski definition) is 3. The van der Waals surface area contributed by atoms with Gasteiger partial charge < -0.3 is 10.4 Å². The lowest BCUT2D eigenvalue weighted by molar-refractivity contribution is -0.137. The van der Waals surface area contributed by atoms with Crippen LogP contribution in [0, 0.1) is 0 Å². The first-order chi connectivity index (χ1) is 8.13. The quantitative estimate of drug-likeness (QED) is 0.694. The van der Waals surface area contributed by atoms with Crippen molar-refractivity contribution in [2.45, 2.75) is 45.1 Å². The monoisotopic (exact) mass is 242 g/mol. The number of likely N-dealkylation sites (N-methyl/N-ethyl adjacent to an activating group) is 1. The maximum absolute atomic E-state index is 11.5. The molecule has 1 fully saturated rings. The number of rotatable bonds is 7. The van der Waals surface area contributed by atoms with Crippen molar-refractivity contribution in [3.63, 3.8) is 0 Å². The van der Waals surface area contributed by atoms with Crippen LogP contribution in [0.25, 0.3) is 0 Å². The molecule has 98 valence electrons. The van der Waals surface area contributed by atoms with Crippen LogP contribution in [0.2, 0.25) is 0 Å². The standard InChI is InChI=1S/C12H22N2O3/c1-2-14-8-4-5-10(14)9-13-11(15)6-3-7-12(16)17/h10H,2-9H2,1H3,(H,13,15)(H,16,17). The van der Waals surface area contributed by atoms with Gasteiger partial charge in [-0.25, -0.2) is 0 Å². The average Bonchev–Trinajstić information content (AvgIpc) is 2.73. The van der Waals surface area contributed by atoms with Crippen molar-refractivity contribution in [3.05, 3.63) is 0 Å². The first-order valence-corrected chi connectivity index (χ1v) is 6.36. The molecule has 0 spiro atoms. The predicted octanol–water partition coefficient (Wildman–Crippen LogP) is 0.842. The number of aliphatic carboxylic acids is 1. The zero-order chi connectivity index (χ0) is 12.7. The lowest BCUT2D eigenvalue weighted by Gasteiger charge is -2.22. The topological polar surface area (TPSA) is 69.6 Å². The van der Waals surface area contributed by atoms with E-state index in [2.05, 4.69) is 17.1 Å². The smallest absolute Gasteiger partial charge is 0.303 e. The molecule has 5 heteroatoms. The normalized spacial score (nSPS) is 20.4. The van der Waals surface area contributed by atoms with Crippen molar-refractivity contribution in [2.75, 3.05) is 19.6 Å². The third kappa shape index (κ3) is 5.17. The predicted molar refractivity (Wildman–Crippen MR) is 64.8 cm³/mol. The number of carboxylic acids is 1. The SMILES string of the molecule is CCN1CCCC1CNC(=O)CCCC(=O)O. The summed E-state index contributed by atoms with van der Waals surface area (Å²) in [5, 5.41) is 11.3. The Kier molecular flexibility index (Phi) is 5.97. The highest BCUT2D eigenvalue weighted by Crippen LogP contribution is 2.15. The summed E-state index contributed by atoms with van der Waals surface area (Å²) in [6.45, 7) is 4.97.